The van der Waals surface area contributed by atoms with E-state index in [1.54, 1.807) is 11.3 Å². The van der Waals surface area contributed by atoms with Gasteiger partial charge in [-0.15, -0.1) is 11.3 Å². The topological polar surface area (TPSA) is 29.9 Å². The summed E-state index contributed by atoms with van der Waals surface area (Å²) in [5, 5.41) is 6.93. The number of aromatic nitrogens is 2. The average Bonchev–Trinajstić information content (AvgIpc) is 3.05. The largest absolute Gasteiger partial charge is 0.327 e. The minimum Gasteiger partial charge on any atom is -0.327 e. The average molecular weight is 299 g/mol. The van der Waals surface area contributed by atoms with E-state index in [0.29, 0.717) is 0 Å². The van der Waals surface area contributed by atoms with Crippen molar-refractivity contribution >= 4 is 22.4 Å². The molecule has 0 fully saturated rings. The maximum absolute atomic E-state index is 4.57. The number of nitrogens with zero attached hydrogens (tertiary/aromatic N) is 2. The molecule has 0 radical (unpaired) electrons. The summed E-state index contributed by atoms with van der Waals surface area (Å²) in [6.07, 6.45) is 4.10. The van der Waals surface area contributed by atoms with Gasteiger partial charge in [-0.1, -0.05) is 6.07 Å². The molecular weight excluding hydrogens is 278 g/mol. The van der Waals surface area contributed by atoms with E-state index in [1.165, 1.54) is 15.8 Å². The number of hydrogen-bond acceptors (Lipinski definition) is 3. The monoisotopic (exact) mass is 299 g/mol. The Balaban J connectivity index is 1.94. The van der Waals surface area contributed by atoms with Crippen LogP contribution in [0.1, 0.15) is 31.2 Å². The van der Waals surface area contributed by atoms with Crippen molar-refractivity contribution in [1.29, 1.82) is 0 Å². The zero-order chi connectivity index (χ0) is 14.9. The van der Waals surface area contributed by atoms with Crippen molar-refractivity contribution in [2.24, 2.45) is 0 Å². The summed E-state index contributed by atoms with van der Waals surface area (Å²) < 4.78 is 2.25. The Labute approximate surface area is 129 Å². The van der Waals surface area contributed by atoms with Gasteiger partial charge in [0.15, 0.2) is 0 Å². The maximum atomic E-state index is 4.57. The minimum absolute atomic E-state index is 0.115. The van der Waals surface area contributed by atoms with Crippen molar-refractivity contribution in [2.45, 2.75) is 39.4 Å². The Morgan fingerprint density at radius 1 is 1.24 bits per heavy atom. The molecule has 3 rings (SSSR count). The first kappa shape index (κ1) is 14.3. The van der Waals surface area contributed by atoms with E-state index in [9.17, 15) is 0 Å². The van der Waals surface area contributed by atoms with Gasteiger partial charge in [-0.2, -0.15) is 0 Å². The van der Waals surface area contributed by atoms with Gasteiger partial charge in [0.2, 0.25) is 0 Å². The number of rotatable bonds is 4. The highest BCUT2D eigenvalue weighted by Crippen LogP contribution is 2.22. The van der Waals surface area contributed by atoms with Crippen molar-refractivity contribution in [3.8, 4) is 0 Å². The highest BCUT2D eigenvalue weighted by Gasteiger charge is 2.13. The summed E-state index contributed by atoms with van der Waals surface area (Å²) in [5.74, 6) is 0. The Bertz CT molecular complexity index is 720. The highest BCUT2D eigenvalue weighted by atomic mass is 32.1. The fraction of sp³-hybridized carbons (Fsp3) is 0.353. The van der Waals surface area contributed by atoms with Crippen LogP contribution in [0.25, 0.3) is 11.0 Å². The molecule has 0 saturated carbocycles. The van der Waals surface area contributed by atoms with Crippen LogP contribution in [0.4, 0.5) is 0 Å². The van der Waals surface area contributed by atoms with Crippen molar-refractivity contribution in [3.05, 3.63) is 52.5 Å². The number of pyridine rings is 1. The molecule has 0 bridgehead atoms. The van der Waals surface area contributed by atoms with Crippen LogP contribution < -0.4 is 5.32 Å². The Hall–Kier alpha value is -1.65. The second-order valence-electron chi connectivity index (χ2n) is 6.34. The molecule has 4 heteroatoms. The first-order valence-electron chi connectivity index (χ1n) is 7.23. The molecule has 0 amide bonds. The third kappa shape index (κ3) is 3.34. The highest BCUT2D eigenvalue weighted by molar-refractivity contribution is 7.09. The molecule has 3 aromatic rings. The molecule has 1 N–H and O–H groups in total. The van der Waals surface area contributed by atoms with Crippen LogP contribution >= 0.6 is 11.3 Å². The summed E-state index contributed by atoms with van der Waals surface area (Å²) in [6.45, 7) is 8.33. The molecule has 3 heterocycles. The van der Waals surface area contributed by atoms with Crippen molar-refractivity contribution < 1.29 is 0 Å². The van der Waals surface area contributed by atoms with Crippen LogP contribution in [0, 0.1) is 0 Å². The molecule has 0 aliphatic rings. The first-order chi connectivity index (χ1) is 10.0. The molecule has 0 aromatic carbocycles. The normalized spacial score (nSPS) is 12.1. The third-order valence-electron chi connectivity index (χ3n) is 3.43. The van der Waals surface area contributed by atoms with Gasteiger partial charge in [-0.25, -0.2) is 4.98 Å². The summed E-state index contributed by atoms with van der Waals surface area (Å²) >= 11 is 1.79. The lowest BCUT2D eigenvalue weighted by molar-refractivity contribution is 0.425. The molecule has 0 spiro atoms. The summed E-state index contributed by atoms with van der Waals surface area (Å²) in [6, 6.07) is 8.44. The number of thiophene rings is 1. The SMILES string of the molecule is CC(C)(C)NCc1cn(Cc2cccs2)c2ncccc12. The van der Waals surface area contributed by atoms with Crippen LogP contribution in [0.15, 0.2) is 42.0 Å². The zero-order valence-corrected chi connectivity index (χ0v) is 13.6. The van der Waals surface area contributed by atoms with Gasteiger partial charge < -0.3 is 9.88 Å². The van der Waals surface area contributed by atoms with Crippen LogP contribution in [0.5, 0.6) is 0 Å². The van der Waals surface area contributed by atoms with Crippen molar-refractivity contribution in [2.75, 3.05) is 0 Å². The molecule has 3 aromatic heterocycles. The molecule has 0 saturated heterocycles. The quantitative estimate of drug-likeness (QED) is 0.788. The zero-order valence-electron chi connectivity index (χ0n) is 12.8. The molecular formula is C17H21N3S. The van der Waals surface area contributed by atoms with E-state index in [4.69, 9.17) is 0 Å². The van der Waals surface area contributed by atoms with Gasteiger partial charge in [0, 0.05) is 34.7 Å². The molecule has 110 valence electrons. The molecule has 0 aliphatic carbocycles. The Morgan fingerprint density at radius 3 is 2.81 bits per heavy atom. The van der Waals surface area contributed by atoms with Gasteiger partial charge in [0.05, 0.1) is 6.54 Å². The second kappa shape index (κ2) is 5.62. The van der Waals surface area contributed by atoms with E-state index in [0.717, 1.165) is 18.7 Å². The fourth-order valence-electron chi connectivity index (χ4n) is 2.39. The van der Waals surface area contributed by atoms with Crippen molar-refractivity contribution in [3.63, 3.8) is 0 Å². The molecule has 0 atom stereocenters. The van der Waals surface area contributed by atoms with E-state index < -0.39 is 0 Å². The van der Waals surface area contributed by atoms with E-state index in [2.05, 4.69) is 65.4 Å². The lowest BCUT2D eigenvalue weighted by Gasteiger charge is -2.20. The van der Waals surface area contributed by atoms with Gasteiger partial charge in [0.25, 0.3) is 0 Å². The first-order valence-corrected chi connectivity index (χ1v) is 8.11. The Kier molecular flexibility index (Phi) is 3.83. The summed E-state index contributed by atoms with van der Waals surface area (Å²) in [5.41, 5.74) is 2.49. The standard InChI is InChI=1S/C17H21N3S/c1-17(2,3)19-10-13-11-20(12-14-6-5-9-21-14)16-15(13)7-4-8-18-16/h4-9,11,19H,10,12H2,1-3H3. The van der Waals surface area contributed by atoms with Gasteiger partial charge >= 0.3 is 0 Å². The van der Waals surface area contributed by atoms with Gasteiger partial charge in [-0.05, 0) is 49.9 Å². The Morgan fingerprint density at radius 2 is 2.10 bits per heavy atom. The molecule has 3 nitrogen and oxygen atoms in total. The maximum Gasteiger partial charge on any atom is 0.140 e. The number of nitrogens with one attached hydrogen (secondary N) is 1. The molecule has 0 aliphatic heterocycles. The van der Waals surface area contributed by atoms with Gasteiger partial charge in [0.1, 0.15) is 5.65 Å². The number of fused-ring (bicyclic) bond motifs is 1. The van der Waals surface area contributed by atoms with E-state index in [1.807, 2.05) is 12.3 Å². The molecule has 21 heavy (non-hydrogen) atoms. The van der Waals surface area contributed by atoms with Crippen LogP contribution in [0.3, 0.4) is 0 Å². The van der Waals surface area contributed by atoms with E-state index >= 15 is 0 Å². The predicted octanol–water partition coefficient (Wildman–Crippen LogP) is 4.03. The van der Waals surface area contributed by atoms with E-state index in [-0.39, 0.29) is 5.54 Å². The molecule has 0 unspecified atom stereocenters. The minimum atomic E-state index is 0.115. The summed E-state index contributed by atoms with van der Waals surface area (Å²) in [4.78, 5) is 5.92. The van der Waals surface area contributed by atoms with Crippen LogP contribution in [0.2, 0.25) is 0 Å². The van der Waals surface area contributed by atoms with Crippen LogP contribution in [-0.4, -0.2) is 15.1 Å². The smallest absolute Gasteiger partial charge is 0.140 e. The number of hydrogen-bond donors (Lipinski definition) is 1. The second-order valence-corrected chi connectivity index (χ2v) is 7.37. The van der Waals surface area contributed by atoms with Gasteiger partial charge in [-0.3, -0.25) is 0 Å². The van der Waals surface area contributed by atoms with Crippen molar-refractivity contribution in [1.82, 2.24) is 14.9 Å². The fourth-order valence-corrected chi connectivity index (χ4v) is 3.09. The summed E-state index contributed by atoms with van der Waals surface area (Å²) in [7, 11) is 0. The third-order valence-corrected chi connectivity index (χ3v) is 4.29. The predicted molar refractivity (Wildman–Crippen MR) is 89.7 cm³/mol. The van der Waals surface area contributed by atoms with Crippen LogP contribution in [-0.2, 0) is 13.1 Å². The lowest BCUT2D eigenvalue weighted by atomic mass is 10.1. The lowest BCUT2D eigenvalue weighted by Crippen LogP contribution is -2.34.